The Kier molecular flexibility index (Phi) is 3.88. The van der Waals surface area contributed by atoms with Gasteiger partial charge in [0.15, 0.2) is 0 Å². The molecule has 4 N–H and O–H groups in total. The maximum absolute atomic E-state index is 10.2. The van der Waals surface area contributed by atoms with Crippen LogP contribution in [-0.2, 0) is 9.32 Å². The Morgan fingerprint density at radius 1 is 1.40 bits per heavy atom. The summed E-state index contributed by atoms with van der Waals surface area (Å²) < 4.78 is 3.88. The fourth-order valence-electron chi connectivity index (χ4n) is 0.223. The number of carbonyl (C=O) groups is 1. The van der Waals surface area contributed by atoms with E-state index in [1.165, 1.54) is 0 Å². The molecule has 7 heteroatoms. The third kappa shape index (κ3) is 6.03. The molecule has 0 unspecified atom stereocenters. The first kappa shape index (κ1) is 9.90. The summed E-state index contributed by atoms with van der Waals surface area (Å²) in [4.78, 5) is 34.6. The van der Waals surface area contributed by atoms with Crippen LogP contribution < -0.4 is 0 Å². The van der Waals surface area contributed by atoms with Crippen LogP contribution in [0.1, 0.15) is 0 Å². The standard InChI is InChI=1S/C3H9O6P/c4-1-3(5)2-9-10(6,7)8/h4,6-8,10H,1-2H2. The van der Waals surface area contributed by atoms with Gasteiger partial charge < -0.3 is 0 Å². The second kappa shape index (κ2) is 3.92. The molecule has 6 nitrogen and oxygen atoms in total. The number of hydrogen-bond donors (Lipinski definition) is 4. The Bertz CT molecular complexity index is 117. The number of Topliss-reactive ketones (excluding diaryl/α,β-unsaturated/α-hetero) is 1. The minimum atomic E-state index is -4.57. The third-order valence-electron chi connectivity index (χ3n) is 0.603. The quantitative estimate of drug-likeness (QED) is 0.363. The minimum absolute atomic E-state index is 0.688. The summed E-state index contributed by atoms with van der Waals surface area (Å²) in [5.41, 5.74) is 0. The van der Waals surface area contributed by atoms with Crippen LogP contribution in [-0.4, -0.2) is 38.8 Å². The van der Waals surface area contributed by atoms with Gasteiger partial charge in [0.05, 0.1) is 0 Å². The summed E-state index contributed by atoms with van der Waals surface area (Å²) in [6.07, 6.45) is 0. The SMILES string of the molecule is O=C(CO)CO[PH](O)(O)O. The molecule has 0 radical (unpaired) electrons. The fraction of sp³-hybridized carbons (Fsp3) is 0.667. The molecule has 0 fully saturated rings. The zero-order chi connectivity index (χ0) is 8.20. The van der Waals surface area contributed by atoms with Crippen molar-refractivity contribution >= 4 is 14.0 Å². The van der Waals surface area contributed by atoms with Crippen LogP contribution >= 0.6 is 8.17 Å². The maximum atomic E-state index is 10.2. The summed E-state index contributed by atoms with van der Waals surface area (Å²) in [5.74, 6) is -0.728. The van der Waals surface area contributed by atoms with Crippen molar-refractivity contribution in [1.29, 1.82) is 0 Å². The number of rotatable bonds is 4. The van der Waals surface area contributed by atoms with E-state index in [0.29, 0.717) is 0 Å². The number of carbonyl (C=O) groups excluding carboxylic acids is 1. The summed E-state index contributed by atoms with van der Waals surface area (Å²) in [6.45, 7) is -1.43. The zero-order valence-electron chi connectivity index (χ0n) is 5.02. The van der Waals surface area contributed by atoms with Crippen LogP contribution in [0, 0.1) is 0 Å². The molecular weight excluding hydrogens is 163 g/mol. The molecular formula is C3H9O6P. The number of hydrogen-bond acceptors (Lipinski definition) is 6. The number of ketones is 1. The predicted octanol–water partition coefficient (Wildman–Crippen LogP) is -2.05. The molecule has 10 heavy (non-hydrogen) atoms. The van der Waals surface area contributed by atoms with Crippen LogP contribution in [0.15, 0.2) is 0 Å². The van der Waals surface area contributed by atoms with Gasteiger partial charge in [0.1, 0.15) is 0 Å². The van der Waals surface area contributed by atoms with E-state index in [-0.39, 0.29) is 0 Å². The molecule has 0 spiro atoms. The van der Waals surface area contributed by atoms with Gasteiger partial charge in [0.2, 0.25) is 0 Å². The van der Waals surface area contributed by atoms with Crippen LogP contribution in [0.5, 0.6) is 0 Å². The van der Waals surface area contributed by atoms with Gasteiger partial charge >= 0.3 is 56.3 Å². The Morgan fingerprint density at radius 3 is 2.20 bits per heavy atom. The van der Waals surface area contributed by atoms with Gasteiger partial charge in [0, 0.05) is 0 Å². The molecule has 0 atom stereocenters. The summed E-state index contributed by atoms with van der Waals surface area (Å²) in [6, 6.07) is 0. The Hall–Kier alpha value is -0.100. The third-order valence-corrected chi connectivity index (χ3v) is 1.13. The van der Waals surface area contributed by atoms with Crippen molar-refractivity contribution in [2.45, 2.75) is 0 Å². The molecule has 0 aromatic heterocycles. The Labute approximate surface area is 57.4 Å². The van der Waals surface area contributed by atoms with Crippen molar-refractivity contribution in [2.75, 3.05) is 13.2 Å². The van der Waals surface area contributed by atoms with Gasteiger partial charge in [-0.3, -0.25) is 0 Å². The first-order chi connectivity index (χ1) is 4.45. The van der Waals surface area contributed by atoms with Crippen LogP contribution in [0.3, 0.4) is 0 Å². The van der Waals surface area contributed by atoms with E-state index in [4.69, 9.17) is 19.8 Å². The molecule has 0 amide bonds. The van der Waals surface area contributed by atoms with Crippen molar-refractivity contribution in [2.24, 2.45) is 0 Å². The summed E-state index contributed by atoms with van der Waals surface area (Å²) >= 11 is 0. The van der Waals surface area contributed by atoms with Crippen molar-refractivity contribution in [3.63, 3.8) is 0 Å². The zero-order valence-corrected chi connectivity index (χ0v) is 6.02. The van der Waals surface area contributed by atoms with Gasteiger partial charge in [-0.25, -0.2) is 0 Å². The van der Waals surface area contributed by atoms with Gasteiger partial charge in [0.25, 0.3) is 0 Å². The summed E-state index contributed by atoms with van der Waals surface area (Å²) in [5, 5.41) is 8.07. The first-order valence-corrected chi connectivity index (χ1v) is 4.14. The number of aliphatic hydroxyl groups excluding tert-OH is 1. The summed E-state index contributed by atoms with van der Waals surface area (Å²) in [7, 11) is -4.57. The van der Waals surface area contributed by atoms with Crippen molar-refractivity contribution in [3.8, 4) is 0 Å². The fourth-order valence-corrected chi connectivity index (χ4v) is 0.578. The average Bonchev–Trinajstić information content (AvgIpc) is 1.81. The topological polar surface area (TPSA) is 107 Å². The van der Waals surface area contributed by atoms with E-state index < -0.39 is 27.2 Å². The molecule has 0 aromatic carbocycles. The second-order valence-electron chi connectivity index (χ2n) is 1.56. The molecule has 0 bridgehead atoms. The molecule has 0 aromatic rings. The van der Waals surface area contributed by atoms with Crippen molar-refractivity contribution in [3.05, 3.63) is 0 Å². The van der Waals surface area contributed by atoms with Gasteiger partial charge in [-0.15, -0.1) is 0 Å². The van der Waals surface area contributed by atoms with Gasteiger partial charge in [-0.1, -0.05) is 0 Å². The molecule has 0 saturated carbocycles. The second-order valence-corrected chi connectivity index (χ2v) is 3.00. The van der Waals surface area contributed by atoms with E-state index in [0.717, 1.165) is 0 Å². The van der Waals surface area contributed by atoms with E-state index in [9.17, 15) is 4.79 Å². The normalized spacial score (nSPS) is 13.2. The predicted molar refractivity (Wildman–Crippen MR) is 33.0 cm³/mol. The van der Waals surface area contributed by atoms with Crippen LogP contribution in [0.2, 0.25) is 0 Å². The Balaban J connectivity index is 3.46. The first-order valence-electron chi connectivity index (χ1n) is 2.39. The van der Waals surface area contributed by atoms with Crippen molar-refractivity contribution < 1.29 is 29.1 Å². The molecule has 0 heterocycles. The van der Waals surface area contributed by atoms with E-state index in [2.05, 4.69) is 4.52 Å². The van der Waals surface area contributed by atoms with Gasteiger partial charge in [-0.2, -0.15) is 0 Å². The van der Waals surface area contributed by atoms with E-state index in [1.807, 2.05) is 0 Å². The molecule has 0 rings (SSSR count). The van der Waals surface area contributed by atoms with Gasteiger partial charge in [-0.05, 0) is 0 Å². The van der Waals surface area contributed by atoms with E-state index in [1.54, 1.807) is 0 Å². The monoisotopic (exact) mass is 172 g/mol. The van der Waals surface area contributed by atoms with E-state index >= 15 is 0 Å². The van der Waals surface area contributed by atoms with Crippen LogP contribution in [0.25, 0.3) is 0 Å². The Morgan fingerprint density at radius 2 is 1.90 bits per heavy atom. The molecule has 0 saturated heterocycles. The molecule has 62 valence electrons. The molecule has 0 aliphatic carbocycles. The average molecular weight is 172 g/mol. The molecule has 0 aliphatic heterocycles. The van der Waals surface area contributed by atoms with Crippen molar-refractivity contribution in [1.82, 2.24) is 0 Å². The van der Waals surface area contributed by atoms with Crippen LogP contribution in [0.4, 0.5) is 0 Å². The number of aliphatic hydroxyl groups is 1. The molecule has 0 aliphatic rings.